The molecular formula is C12H15BrN2O3S. The van der Waals surface area contributed by atoms with E-state index in [0.717, 1.165) is 12.8 Å². The van der Waals surface area contributed by atoms with Gasteiger partial charge in [0, 0.05) is 23.5 Å². The van der Waals surface area contributed by atoms with Gasteiger partial charge >= 0.3 is 0 Å². The molecule has 1 aromatic rings. The average molecular weight is 347 g/mol. The second-order valence-corrected chi connectivity index (χ2v) is 7.01. The molecule has 0 saturated heterocycles. The predicted octanol–water partition coefficient (Wildman–Crippen LogP) is 1.40. The van der Waals surface area contributed by atoms with E-state index in [9.17, 15) is 13.2 Å². The van der Waals surface area contributed by atoms with Gasteiger partial charge in [-0.2, -0.15) is 0 Å². The molecule has 5 nitrogen and oxygen atoms in total. The maximum Gasteiger partial charge on any atom is 0.241 e. The van der Waals surface area contributed by atoms with Crippen molar-refractivity contribution in [3.63, 3.8) is 0 Å². The van der Waals surface area contributed by atoms with Gasteiger partial charge in [-0.05, 0) is 40.9 Å². The van der Waals surface area contributed by atoms with Crippen LogP contribution in [0, 0.1) is 0 Å². The Balaban J connectivity index is 1.87. The molecule has 2 N–H and O–H groups in total. The molecule has 19 heavy (non-hydrogen) atoms. The smallest absolute Gasteiger partial charge is 0.241 e. The highest BCUT2D eigenvalue weighted by Crippen LogP contribution is 2.21. The fourth-order valence-electron chi connectivity index (χ4n) is 1.57. The molecular weight excluding hydrogens is 332 g/mol. The largest absolute Gasteiger partial charge is 0.353 e. The summed E-state index contributed by atoms with van der Waals surface area (Å²) in [6, 6.07) is 6.86. The normalized spacial score (nSPS) is 15.2. The molecule has 0 heterocycles. The molecule has 104 valence electrons. The molecule has 0 radical (unpaired) electrons. The van der Waals surface area contributed by atoms with Gasteiger partial charge in [-0.1, -0.05) is 12.1 Å². The van der Waals surface area contributed by atoms with Crippen LogP contribution >= 0.6 is 15.9 Å². The number of sulfonamides is 1. The van der Waals surface area contributed by atoms with Gasteiger partial charge in [0.25, 0.3) is 0 Å². The highest BCUT2D eigenvalue weighted by atomic mass is 79.9. The lowest BCUT2D eigenvalue weighted by molar-refractivity contribution is -0.121. The maximum absolute atomic E-state index is 12.0. The molecule has 0 unspecified atom stereocenters. The predicted molar refractivity (Wildman–Crippen MR) is 75.1 cm³/mol. The van der Waals surface area contributed by atoms with Crippen LogP contribution in [0.15, 0.2) is 33.6 Å². The van der Waals surface area contributed by atoms with Crippen molar-refractivity contribution in [1.82, 2.24) is 10.0 Å². The van der Waals surface area contributed by atoms with Gasteiger partial charge in [0.1, 0.15) is 0 Å². The van der Waals surface area contributed by atoms with Crippen molar-refractivity contribution in [3.05, 3.63) is 28.7 Å². The minimum Gasteiger partial charge on any atom is -0.353 e. The van der Waals surface area contributed by atoms with E-state index in [4.69, 9.17) is 0 Å². The van der Waals surface area contributed by atoms with Crippen LogP contribution in [0.2, 0.25) is 0 Å². The Morgan fingerprint density at radius 2 is 2.00 bits per heavy atom. The molecule has 0 aliphatic heterocycles. The summed E-state index contributed by atoms with van der Waals surface area (Å²) in [7, 11) is -3.58. The van der Waals surface area contributed by atoms with Crippen LogP contribution in [-0.2, 0) is 14.8 Å². The second-order valence-electron chi connectivity index (χ2n) is 4.42. The molecule has 0 atom stereocenters. The van der Waals surface area contributed by atoms with Gasteiger partial charge in [0.15, 0.2) is 0 Å². The van der Waals surface area contributed by atoms with Crippen molar-refractivity contribution in [2.45, 2.75) is 30.2 Å². The average Bonchev–Trinajstić information content (AvgIpc) is 3.13. The van der Waals surface area contributed by atoms with Crippen LogP contribution in [0.25, 0.3) is 0 Å². The zero-order valence-corrected chi connectivity index (χ0v) is 12.6. The first kappa shape index (κ1) is 14.5. The van der Waals surface area contributed by atoms with Gasteiger partial charge in [0.2, 0.25) is 15.9 Å². The summed E-state index contributed by atoms with van der Waals surface area (Å²) in [5.41, 5.74) is 0. The lowest BCUT2D eigenvalue weighted by Gasteiger charge is -2.08. The van der Waals surface area contributed by atoms with Gasteiger partial charge < -0.3 is 5.32 Å². The summed E-state index contributed by atoms with van der Waals surface area (Å²) in [4.78, 5) is 11.6. The summed E-state index contributed by atoms with van der Waals surface area (Å²) in [6.45, 7) is 0.0994. The van der Waals surface area contributed by atoms with Crippen molar-refractivity contribution >= 4 is 31.9 Å². The summed E-state index contributed by atoms with van der Waals surface area (Å²) in [5, 5.41) is 2.81. The van der Waals surface area contributed by atoms with Crippen molar-refractivity contribution < 1.29 is 13.2 Å². The van der Waals surface area contributed by atoms with Crippen molar-refractivity contribution in [3.8, 4) is 0 Å². The molecule has 0 bridgehead atoms. The summed E-state index contributed by atoms with van der Waals surface area (Å²) in [5.74, 6) is -0.114. The first-order valence-corrected chi connectivity index (χ1v) is 8.30. The number of halogens is 1. The molecule has 1 aromatic carbocycles. The zero-order chi connectivity index (χ0) is 13.9. The molecule has 7 heteroatoms. The fraction of sp³-hybridized carbons (Fsp3) is 0.417. The number of hydrogen-bond acceptors (Lipinski definition) is 3. The minimum atomic E-state index is -3.58. The SMILES string of the molecule is O=C(CCNS(=O)(=O)c1ccccc1Br)NC1CC1. The lowest BCUT2D eigenvalue weighted by Crippen LogP contribution is -2.31. The summed E-state index contributed by atoms with van der Waals surface area (Å²) in [6.07, 6.45) is 2.20. The zero-order valence-electron chi connectivity index (χ0n) is 10.2. The van der Waals surface area contributed by atoms with E-state index in [0.29, 0.717) is 10.5 Å². The second kappa shape index (κ2) is 6.02. The first-order valence-electron chi connectivity index (χ1n) is 6.02. The molecule has 1 saturated carbocycles. The molecule has 0 aromatic heterocycles. The maximum atomic E-state index is 12.0. The Hall–Kier alpha value is -0.920. The van der Waals surface area contributed by atoms with Crippen LogP contribution in [0.5, 0.6) is 0 Å². The number of carbonyl (C=O) groups is 1. The standard InChI is InChI=1S/C12H15BrN2O3S/c13-10-3-1-2-4-11(10)19(17,18)14-8-7-12(16)15-9-5-6-9/h1-4,9,14H,5-8H2,(H,15,16). The van der Waals surface area contributed by atoms with E-state index in [1.807, 2.05) is 0 Å². The third kappa shape index (κ3) is 4.29. The van der Waals surface area contributed by atoms with Crippen molar-refractivity contribution in [1.29, 1.82) is 0 Å². The monoisotopic (exact) mass is 346 g/mol. The molecule has 1 aliphatic carbocycles. The van der Waals surface area contributed by atoms with Gasteiger partial charge in [-0.3, -0.25) is 4.79 Å². The Bertz CT molecular complexity index is 570. The molecule has 1 aliphatic rings. The van der Waals surface area contributed by atoms with Crippen molar-refractivity contribution in [2.75, 3.05) is 6.54 Å². The minimum absolute atomic E-state index is 0.0994. The van der Waals surface area contributed by atoms with Crippen LogP contribution in [-0.4, -0.2) is 26.9 Å². The molecule has 1 fully saturated rings. The van der Waals surface area contributed by atoms with Crippen LogP contribution in [0.3, 0.4) is 0 Å². The van der Waals surface area contributed by atoms with E-state index in [1.54, 1.807) is 18.2 Å². The Morgan fingerprint density at radius 3 is 2.63 bits per heavy atom. The Morgan fingerprint density at radius 1 is 1.32 bits per heavy atom. The van der Waals surface area contributed by atoms with E-state index in [-0.39, 0.29) is 23.8 Å². The molecule has 1 amide bonds. The molecule has 2 rings (SSSR count). The third-order valence-electron chi connectivity index (χ3n) is 2.71. The van der Waals surface area contributed by atoms with E-state index in [1.165, 1.54) is 6.07 Å². The van der Waals surface area contributed by atoms with Crippen LogP contribution < -0.4 is 10.0 Å². The Kier molecular flexibility index (Phi) is 4.59. The van der Waals surface area contributed by atoms with Gasteiger partial charge in [-0.15, -0.1) is 0 Å². The first-order chi connectivity index (χ1) is 8.99. The van der Waals surface area contributed by atoms with E-state index >= 15 is 0 Å². The number of benzene rings is 1. The van der Waals surface area contributed by atoms with Gasteiger partial charge in [-0.25, -0.2) is 13.1 Å². The number of nitrogens with one attached hydrogen (secondary N) is 2. The van der Waals surface area contributed by atoms with E-state index < -0.39 is 10.0 Å². The fourth-order valence-corrected chi connectivity index (χ4v) is 3.60. The third-order valence-corrected chi connectivity index (χ3v) is 5.19. The van der Waals surface area contributed by atoms with Crippen molar-refractivity contribution in [2.24, 2.45) is 0 Å². The van der Waals surface area contributed by atoms with Crippen LogP contribution in [0.1, 0.15) is 19.3 Å². The number of carbonyl (C=O) groups excluding carboxylic acids is 1. The van der Waals surface area contributed by atoms with Gasteiger partial charge in [0.05, 0.1) is 4.90 Å². The lowest BCUT2D eigenvalue weighted by atomic mass is 10.4. The number of rotatable bonds is 6. The van der Waals surface area contributed by atoms with Crippen LogP contribution in [0.4, 0.5) is 0 Å². The highest BCUT2D eigenvalue weighted by Gasteiger charge is 2.23. The number of hydrogen-bond donors (Lipinski definition) is 2. The summed E-state index contributed by atoms with van der Waals surface area (Å²) < 4.78 is 26.9. The topological polar surface area (TPSA) is 75.3 Å². The Labute approximate surface area is 121 Å². The highest BCUT2D eigenvalue weighted by molar-refractivity contribution is 9.10. The van der Waals surface area contributed by atoms with E-state index in [2.05, 4.69) is 26.0 Å². The summed E-state index contributed by atoms with van der Waals surface area (Å²) >= 11 is 3.20. The quantitative estimate of drug-likeness (QED) is 0.817. The number of amides is 1. The molecule has 0 spiro atoms.